The molecule has 1 radical (unpaired) electrons. The molecule has 6 heteroatoms. The van der Waals surface area contributed by atoms with Gasteiger partial charge in [-0.3, -0.25) is 9.59 Å². The number of hydrogen-bond acceptors (Lipinski definition) is 6. The van der Waals surface area contributed by atoms with Gasteiger partial charge < -0.3 is 14.2 Å². The molecule has 0 aliphatic carbocycles. The van der Waals surface area contributed by atoms with Crippen LogP contribution in [0, 0.1) is 11.4 Å². The van der Waals surface area contributed by atoms with Gasteiger partial charge in [0.25, 0.3) is 0 Å². The standard InChI is InChI=1S/C12H19O5S/c1-3-16-10(13)5-12(6-11(14)17-4-2)7-15-9-18-8-12/h9H,3-8H2,1-2H3. The van der Waals surface area contributed by atoms with Gasteiger partial charge in [-0.05, 0) is 13.8 Å². The van der Waals surface area contributed by atoms with Crippen LogP contribution < -0.4 is 0 Å². The van der Waals surface area contributed by atoms with Crippen LogP contribution in [-0.4, -0.2) is 37.5 Å². The van der Waals surface area contributed by atoms with Crippen LogP contribution in [0.5, 0.6) is 0 Å². The van der Waals surface area contributed by atoms with Crippen LogP contribution in [0.2, 0.25) is 0 Å². The zero-order chi connectivity index (χ0) is 13.4. The highest BCUT2D eigenvalue weighted by Gasteiger charge is 2.39. The molecule has 0 N–H and O–H groups in total. The predicted molar refractivity (Wildman–Crippen MR) is 67.6 cm³/mol. The number of hydrogen-bond donors (Lipinski definition) is 0. The van der Waals surface area contributed by atoms with E-state index >= 15 is 0 Å². The molecule has 1 fully saturated rings. The van der Waals surface area contributed by atoms with E-state index in [1.54, 1.807) is 19.8 Å². The third-order valence-electron chi connectivity index (χ3n) is 2.56. The van der Waals surface area contributed by atoms with E-state index in [4.69, 9.17) is 14.2 Å². The minimum atomic E-state index is -0.516. The van der Waals surface area contributed by atoms with Gasteiger partial charge in [0.15, 0.2) is 0 Å². The highest BCUT2D eigenvalue weighted by molar-refractivity contribution is 8.01. The molecule has 0 unspecified atom stereocenters. The Hall–Kier alpha value is -0.750. The van der Waals surface area contributed by atoms with Crippen molar-refractivity contribution in [2.24, 2.45) is 5.41 Å². The number of thioether (sulfide) groups is 1. The van der Waals surface area contributed by atoms with E-state index in [0.29, 0.717) is 25.6 Å². The normalized spacial score (nSPS) is 18.1. The maximum absolute atomic E-state index is 11.6. The average molecular weight is 275 g/mol. The van der Waals surface area contributed by atoms with Gasteiger partial charge in [-0.1, -0.05) is 0 Å². The molecule has 18 heavy (non-hydrogen) atoms. The van der Waals surface area contributed by atoms with Gasteiger partial charge in [0.05, 0.1) is 32.7 Å². The number of carbonyl (C=O) groups is 2. The molecule has 0 aromatic rings. The summed E-state index contributed by atoms with van der Waals surface area (Å²) in [7, 11) is 0. The summed E-state index contributed by atoms with van der Waals surface area (Å²) in [5, 5.41) is 0. The van der Waals surface area contributed by atoms with E-state index in [9.17, 15) is 9.59 Å². The van der Waals surface area contributed by atoms with Gasteiger partial charge in [-0.15, -0.1) is 11.8 Å². The molecule has 0 spiro atoms. The molecule has 5 nitrogen and oxygen atoms in total. The number of esters is 2. The van der Waals surface area contributed by atoms with Crippen LogP contribution in [-0.2, 0) is 23.8 Å². The summed E-state index contributed by atoms with van der Waals surface area (Å²) < 4.78 is 15.2. The lowest BCUT2D eigenvalue weighted by atomic mass is 9.83. The van der Waals surface area contributed by atoms with Crippen LogP contribution in [0.1, 0.15) is 26.7 Å². The topological polar surface area (TPSA) is 61.8 Å². The summed E-state index contributed by atoms with van der Waals surface area (Å²) in [6.45, 7) is 4.55. The van der Waals surface area contributed by atoms with Crippen molar-refractivity contribution >= 4 is 23.7 Å². The lowest BCUT2D eigenvalue weighted by Gasteiger charge is -2.34. The smallest absolute Gasteiger partial charge is 0.306 e. The van der Waals surface area contributed by atoms with Crippen molar-refractivity contribution < 1.29 is 23.8 Å². The largest absolute Gasteiger partial charge is 0.466 e. The molecule has 0 saturated carbocycles. The summed E-state index contributed by atoms with van der Waals surface area (Å²) in [5.41, 5.74) is -0.516. The van der Waals surface area contributed by atoms with Gasteiger partial charge in [0, 0.05) is 11.2 Å². The van der Waals surface area contributed by atoms with Crippen LogP contribution in [0.25, 0.3) is 0 Å². The second kappa shape index (κ2) is 7.63. The van der Waals surface area contributed by atoms with E-state index in [2.05, 4.69) is 0 Å². The first-order valence-corrected chi connectivity index (χ1v) is 7.03. The minimum absolute atomic E-state index is 0.181. The first-order valence-electron chi connectivity index (χ1n) is 5.98. The molecule has 1 saturated heterocycles. The third kappa shape index (κ3) is 4.86. The fraction of sp³-hybridized carbons (Fsp3) is 0.750. The maximum Gasteiger partial charge on any atom is 0.306 e. The predicted octanol–water partition coefficient (Wildman–Crippen LogP) is 1.76. The Labute approximate surface area is 112 Å². The van der Waals surface area contributed by atoms with Crippen LogP contribution in [0.4, 0.5) is 0 Å². The Bertz CT molecular complexity index is 264. The molecule has 0 aromatic carbocycles. The van der Waals surface area contributed by atoms with Crippen molar-refractivity contribution in [3.8, 4) is 0 Å². The Morgan fingerprint density at radius 2 is 1.78 bits per heavy atom. The molecular formula is C12H19O5S. The van der Waals surface area contributed by atoms with Gasteiger partial charge in [0.1, 0.15) is 5.94 Å². The SMILES string of the molecule is CCOC(=O)CC1(CC(=O)OCC)CO[CH]SC1. The quantitative estimate of drug-likeness (QED) is 0.688. The highest BCUT2D eigenvalue weighted by atomic mass is 32.2. The zero-order valence-electron chi connectivity index (χ0n) is 10.8. The van der Waals surface area contributed by atoms with Crippen LogP contribution in [0.3, 0.4) is 0 Å². The van der Waals surface area contributed by atoms with E-state index < -0.39 is 5.41 Å². The van der Waals surface area contributed by atoms with Crippen molar-refractivity contribution in [1.82, 2.24) is 0 Å². The Kier molecular flexibility index (Phi) is 6.49. The van der Waals surface area contributed by atoms with E-state index in [1.165, 1.54) is 11.8 Å². The van der Waals surface area contributed by atoms with Gasteiger partial charge in [0.2, 0.25) is 0 Å². The molecule has 0 aromatic heterocycles. The van der Waals surface area contributed by atoms with E-state index in [-0.39, 0.29) is 24.8 Å². The molecule has 1 aliphatic rings. The Morgan fingerprint density at radius 3 is 2.17 bits per heavy atom. The van der Waals surface area contributed by atoms with E-state index in [1.807, 2.05) is 0 Å². The summed E-state index contributed by atoms with van der Waals surface area (Å²) in [5.74, 6) is 1.69. The third-order valence-corrected chi connectivity index (χ3v) is 3.62. The molecule has 1 aliphatic heterocycles. The summed E-state index contributed by atoms with van der Waals surface area (Å²) in [6.07, 6.45) is 0.362. The van der Waals surface area contributed by atoms with Crippen LogP contribution in [0.15, 0.2) is 0 Å². The van der Waals surface area contributed by atoms with Crippen molar-refractivity contribution in [3.05, 3.63) is 5.94 Å². The monoisotopic (exact) mass is 275 g/mol. The molecule has 103 valence electrons. The first-order chi connectivity index (χ1) is 8.62. The Morgan fingerprint density at radius 1 is 1.22 bits per heavy atom. The molecule has 0 amide bonds. The van der Waals surface area contributed by atoms with E-state index in [0.717, 1.165) is 0 Å². The minimum Gasteiger partial charge on any atom is -0.466 e. The fourth-order valence-electron chi connectivity index (χ4n) is 1.81. The molecule has 1 rings (SSSR count). The second-order valence-electron chi connectivity index (χ2n) is 4.18. The average Bonchev–Trinajstić information content (AvgIpc) is 2.30. The Balaban J connectivity index is 2.62. The lowest BCUT2D eigenvalue weighted by Crippen LogP contribution is -2.38. The number of rotatable bonds is 6. The lowest BCUT2D eigenvalue weighted by molar-refractivity contribution is -0.151. The van der Waals surface area contributed by atoms with Gasteiger partial charge in [-0.2, -0.15) is 0 Å². The van der Waals surface area contributed by atoms with Crippen molar-refractivity contribution in [3.63, 3.8) is 0 Å². The fourth-order valence-corrected chi connectivity index (χ4v) is 2.69. The zero-order valence-corrected chi connectivity index (χ0v) is 11.6. The first kappa shape index (κ1) is 15.3. The molecular weight excluding hydrogens is 256 g/mol. The summed E-state index contributed by atoms with van der Waals surface area (Å²) in [6, 6.07) is 0. The molecule has 1 heterocycles. The van der Waals surface area contributed by atoms with Crippen molar-refractivity contribution in [2.45, 2.75) is 26.7 Å². The van der Waals surface area contributed by atoms with Gasteiger partial charge in [-0.25, -0.2) is 0 Å². The second-order valence-corrected chi connectivity index (χ2v) is 5.00. The summed E-state index contributed by atoms with van der Waals surface area (Å²) in [4.78, 5) is 23.2. The number of ether oxygens (including phenoxy) is 3. The highest BCUT2D eigenvalue weighted by Crippen LogP contribution is 2.37. The van der Waals surface area contributed by atoms with Gasteiger partial charge >= 0.3 is 11.9 Å². The molecule has 0 atom stereocenters. The van der Waals surface area contributed by atoms with Crippen molar-refractivity contribution in [2.75, 3.05) is 25.6 Å². The van der Waals surface area contributed by atoms with Crippen LogP contribution >= 0.6 is 11.8 Å². The van der Waals surface area contributed by atoms with Crippen molar-refractivity contribution in [1.29, 1.82) is 0 Å². The number of carbonyl (C=O) groups excluding carboxylic acids is 2. The molecule has 0 bridgehead atoms. The summed E-state index contributed by atoms with van der Waals surface area (Å²) >= 11 is 1.46. The maximum atomic E-state index is 11.6.